The van der Waals surface area contributed by atoms with E-state index in [4.69, 9.17) is 10.9 Å². The van der Waals surface area contributed by atoms with Gasteiger partial charge in [0.1, 0.15) is 39.8 Å². The van der Waals surface area contributed by atoms with Crippen LogP contribution in [0, 0.1) is 0 Å². The maximum atomic E-state index is 13.8. The van der Waals surface area contributed by atoms with Crippen LogP contribution in [0.15, 0.2) is 205 Å². The number of fused-ring (bicyclic) bond motifs is 8. The Bertz CT molecular complexity index is 6280. The number of nitrogens with one attached hydrogen (secondary N) is 4. The number of hydrogen-bond donors (Lipinski definition) is 9. The molecule has 35 heteroatoms. The van der Waals surface area contributed by atoms with E-state index in [1.807, 2.05) is 124 Å². The zero-order valence-corrected chi connectivity index (χ0v) is 76.0. The zero-order valence-electron chi connectivity index (χ0n) is 72.7. The van der Waals surface area contributed by atoms with Crippen LogP contribution in [-0.2, 0) is 80.1 Å². The number of azo groups is 1. The average Bonchev–Trinajstić information content (AvgIpc) is 1.57. The van der Waals surface area contributed by atoms with E-state index >= 15 is 0 Å². The first-order chi connectivity index (χ1) is 60.4. The normalized spacial score (nSPS) is 14.6. The van der Waals surface area contributed by atoms with Crippen LogP contribution in [0.3, 0.4) is 0 Å². The molecule has 127 heavy (non-hydrogen) atoms. The molecule has 0 saturated heterocycles. The predicted molar refractivity (Wildman–Crippen MR) is 491 cm³/mol. The highest BCUT2D eigenvalue weighted by Crippen LogP contribution is 2.52. The van der Waals surface area contributed by atoms with Crippen molar-refractivity contribution in [3.63, 3.8) is 0 Å². The van der Waals surface area contributed by atoms with Gasteiger partial charge in [-0.05, 0) is 206 Å². The minimum Gasteiger partial charge on any atom is -0.375 e. The number of para-hydroxylation sites is 1. The lowest BCUT2D eigenvalue weighted by Crippen LogP contribution is -2.44. The van der Waals surface area contributed by atoms with Gasteiger partial charge in [0.25, 0.3) is 40.5 Å². The van der Waals surface area contributed by atoms with E-state index in [0.717, 1.165) is 57.9 Å². The molecule has 2 aliphatic rings. The first-order valence-corrected chi connectivity index (χ1v) is 48.5. The van der Waals surface area contributed by atoms with Gasteiger partial charge >= 0.3 is 0 Å². The third-order valence-corrected chi connectivity index (χ3v) is 26.7. The van der Waals surface area contributed by atoms with Crippen LogP contribution >= 0.6 is 0 Å². The molecule has 676 valence electrons. The van der Waals surface area contributed by atoms with Crippen molar-refractivity contribution >= 4 is 153 Å². The van der Waals surface area contributed by atoms with E-state index in [2.05, 4.69) is 94.9 Å². The van der Waals surface area contributed by atoms with Crippen molar-refractivity contribution in [2.75, 3.05) is 87.3 Å². The van der Waals surface area contributed by atoms with Gasteiger partial charge in [-0.1, -0.05) is 69.2 Å². The number of anilines is 3. The summed E-state index contributed by atoms with van der Waals surface area (Å²) in [6.45, 7) is 17.6. The largest absolute Gasteiger partial charge is 0.375 e. The summed E-state index contributed by atoms with van der Waals surface area (Å²) < 4.78 is 147. The Kier molecular flexibility index (Phi) is 32.2. The van der Waals surface area contributed by atoms with Crippen LogP contribution in [0.1, 0.15) is 156 Å². The summed E-state index contributed by atoms with van der Waals surface area (Å²) in [5.41, 5.74) is 9.79. The second kappa shape index (κ2) is 42.3. The molecular weight excluding hydrogens is 1700 g/mol. The van der Waals surface area contributed by atoms with Crippen molar-refractivity contribution in [1.29, 1.82) is 0 Å². The molecule has 9 aromatic rings. The highest BCUT2D eigenvalue weighted by atomic mass is 32.2. The van der Waals surface area contributed by atoms with Gasteiger partial charge in [0.05, 0.1) is 39.2 Å². The molecule has 0 fully saturated rings. The molecule has 0 spiro atoms. The SMILES string of the molecule is CCN(CC)c1ccc2nc3ccc(N=Nc4ccc(N(C)CCCC(=O)CCCNCC(=O)C(CCCCNC(=O)CCCCCN5/C(=C/C=C/C=C/C6=[N+](CC)c7ccc8c(S(=O)(=O)O)cc(S(=O)(=O)O)cc8c7C6(C)C)C(C)(C)c6c5ccc5c(S(=O)(=O)O)cc(S(=O)(=O)O)cc65)NC(=O)CCCCCNC(=O)CON)cc4)cc3[n+](-c3ccccc3)c2c1. The van der Waals surface area contributed by atoms with Gasteiger partial charge in [-0.25, -0.2) is 10.9 Å². The molecule has 0 aliphatic carbocycles. The Balaban J connectivity index is 0.661. The predicted octanol–water partition coefficient (Wildman–Crippen LogP) is 13.7. The highest BCUT2D eigenvalue weighted by molar-refractivity contribution is 7.87. The first kappa shape index (κ1) is 96.7. The number of carbonyl (C=O) groups excluding carboxylic acids is 5. The number of Topliss-reactive ketones (excluding diaryl/α,β-unsaturated/α-hetero) is 2. The standard InChI is InChI=1S/C92H111N13O18S4/c1-9-102(10-2)66-42-46-75-80(55-66)105(65-28-16-12-17-29-65)79-54-63(39-45-74(79)97-75)100-99-62-37-40-64(41-38-62)101(8)52-27-31-67(106)30-26-49-94-60-81(107)76(98-87(109)36-20-14-23-50-96-88(110)61-123-93)32-22-24-51-95-86(108)35-21-15-25-53-104-78-48-44-71-73(57-69(125(114,115)116)59-83(71)127(120,121)122)90(78)92(6,7)85(104)34-19-13-18-33-84-91(4,5)89-72-56-68(124(111,112)113)58-82(126(117,118)119)70(72)43-47-77(89)103(84)11-3/h12-13,16-19,28-29,33-34,37-48,54-59,76,94H,9-11,14-15,20-27,30-32,35-36,49-53,60-61,93H2,1-8H3,(H5-2,95,96,98,108,109,110,111,112,113,114,115,116,117,118,119,120,121,122)/p+2. The summed E-state index contributed by atoms with van der Waals surface area (Å²) in [7, 11) is -18.0. The molecule has 1 aromatic heterocycles. The third kappa shape index (κ3) is 23.9. The fourth-order valence-corrected chi connectivity index (χ4v) is 19.6. The maximum absolute atomic E-state index is 13.8. The van der Waals surface area contributed by atoms with Crippen molar-refractivity contribution in [3.8, 4) is 5.69 Å². The second-order valence-electron chi connectivity index (χ2n) is 32.8. The molecule has 8 aromatic carbocycles. The molecule has 0 saturated carbocycles. The Labute approximate surface area is 741 Å². The van der Waals surface area contributed by atoms with Gasteiger partial charge < -0.3 is 36.0 Å². The van der Waals surface area contributed by atoms with Crippen LogP contribution in [0.5, 0.6) is 0 Å². The topological polar surface area (TPSA) is 440 Å². The van der Waals surface area contributed by atoms with E-state index in [9.17, 15) is 75.9 Å². The van der Waals surface area contributed by atoms with Crippen molar-refractivity contribution in [1.82, 2.24) is 26.3 Å². The van der Waals surface area contributed by atoms with Gasteiger partial charge in [-0.2, -0.15) is 48.5 Å². The first-order valence-electron chi connectivity index (χ1n) is 42.7. The molecule has 3 heterocycles. The second-order valence-corrected chi connectivity index (χ2v) is 38.4. The van der Waals surface area contributed by atoms with E-state index in [0.29, 0.717) is 174 Å². The molecule has 0 radical (unpaired) electrons. The number of carbonyl (C=O) groups is 5. The number of aromatic nitrogens is 2. The monoisotopic (exact) mass is 1820 g/mol. The molecule has 11 rings (SSSR count). The minimum atomic E-state index is -5.04. The number of rotatable bonds is 46. The zero-order chi connectivity index (χ0) is 91.8. The molecule has 1 unspecified atom stereocenters. The van der Waals surface area contributed by atoms with Gasteiger partial charge in [0.2, 0.25) is 40.1 Å². The quantitative estimate of drug-likeness (QED) is 0.00325. The third-order valence-electron chi connectivity index (χ3n) is 23.3. The number of allylic oxidation sites excluding steroid dienone is 6. The average molecular weight is 1820 g/mol. The number of benzene rings is 8. The van der Waals surface area contributed by atoms with Crippen LogP contribution in [-0.4, -0.2) is 175 Å². The summed E-state index contributed by atoms with van der Waals surface area (Å²) in [5, 5.41) is 21.4. The van der Waals surface area contributed by atoms with Crippen LogP contribution in [0.4, 0.5) is 34.1 Å². The Morgan fingerprint density at radius 1 is 0.567 bits per heavy atom. The number of ketones is 2. The van der Waals surface area contributed by atoms with E-state index < -0.39 is 76.9 Å². The smallest absolute Gasteiger partial charge is 0.295 e. The Hall–Kier alpha value is -11.0. The lowest BCUT2D eigenvalue weighted by molar-refractivity contribution is -0.538. The molecule has 2 aliphatic heterocycles. The lowest BCUT2D eigenvalue weighted by Gasteiger charge is -2.27. The van der Waals surface area contributed by atoms with Gasteiger partial charge in [-0.15, -0.1) is 4.57 Å². The van der Waals surface area contributed by atoms with E-state index in [-0.39, 0.29) is 76.8 Å². The molecular formula is C92H113N13O18S4+2. The van der Waals surface area contributed by atoms with Crippen LogP contribution in [0.2, 0.25) is 0 Å². The number of amides is 3. The van der Waals surface area contributed by atoms with Crippen LogP contribution in [0.25, 0.3) is 49.3 Å². The van der Waals surface area contributed by atoms with Gasteiger partial charge in [0, 0.05) is 153 Å². The summed E-state index contributed by atoms with van der Waals surface area (Å²) in [5.74, 6) is 4.01. The molecule has 0 bridgehead atoms. The summed E-state index contributed by atoms with van der Waals surface area (Å²) in [6.07, 6.45) is 15.8. The van der Waals surface area contributed by atoms with Crippen molar-refractivity contribution < 1.29 is 89.8 Å². The fraction of sp³-hybridized carbons (Fsp3) is 0.391. The Morgan fingerprint density at radius 3 is 1.79 bits per heavy atom. The van der Waals surface area contributed by atoms with Crippen molar-refractivity contribution in [3.05, 3.63) is 187 Å². The Morgan fingerprint density at radius 2 is 1.15 bits per heavy atom. The fourth-order valence-electron chi connectivity index (χ4n) is 16.9. The summed E-state index contributed by atoms with van der Waals surface area (Å²) in [4.78, 5) is 78.4. The van der Waals surface area contributed by atoms with Crippen molar-refractivity contribution in [2.24, 2.45) is 16.1 Å². The summed E-state index contributed by atoms with van der Waals surface area (Å²) >= 11 is 0. The molecule has 1 atom stereocenters. The summed E-state index contributed by atoms with van der Waals surface area (Å²) in [6, 6.07) is 39.5. The van der Waals surface area contributed by atoms with Crippen molar-refractivity contribution in [2.45, 2.75) is 181 Å². The number of nitrogens with zero attached hydrogens (tertiary/aromatic N) is 8. The number of unbranched alkanes of at least 4 members (excludes halogenated alkanes) is 5. The molecule has 31 nitrogen and oxygen atoms in total. The van der Waals surface area contributed by atoms with Gasteiger partial charge in [-0.3, -0.25) is 47.0 Å². The maximum Gasteiger partial charge on any atom is 0.295 e. The number of hydrogen-bond acceptors (Lipinski definition) is 22. The lowest BCUT2D eigenvalue weighted by atomic mass is 9.79. The highest BCUT2D eigenvalue weighted by Gasteiger charge is 2.47. The van der Waals surface area contributed by atoms with Crippen LogP contribution < -0.4 is 46.4 Å². The van der Waals surface area contributed by atoms with Gasteiger partial charge in [0.15, 0.2) is 11.5 Å². The van der Waals surface area contributed by atoms with E-state index in [1.165, 1.54) is 24.3 Å². The minimum absolute atomic E-state index is 0.00803. The molecule has 3 amide bonds. The number of nitrogens with two attached hydrogens (primary N) is 1. The van der Waals surface area contributed by atoms with E-state index in [1.54, 1.807) is 30.4 Å². The molecule has 10 N–H and O–H groups in total.